The first-order valence-corrected chi connectivity index (χ1v) is 8.16. The molecule has 0 bridgehead atoms. The molecule has 0 radical (unpaired) electrons. The summed E-state index contributed by atoms with van der Waals surface area (Å²) in [5, 5.41) is 7.73. The SMILES string of the molecule is Nc1nc(NCCc2ccccc2)nc2cn(-c3ccccc3)nc12. The van der Waals surface area contributed by atoms with Gasteiger partial charge in [-0.15, -0.1) is 0 Å². The van der Waals surface area contributed by atoms with Crippen LogP contribution in [0, 0.1) is 0 Å². The van der Waals surface area contributed by atoms with Crippen LogP contribution in [0.2, 0.25) is 0 Å². The second kappa shape index (κ2) is 6.60. The van der Waals surface area contributed by atoms with Gasteiger partial charge in [0, 0.05) is 6.54 Å². The fourth-order valence-electron chi connectivity index (χ4n) is 2.69. The molecule has 0 atom stereocenters. The number of benzene rings is 2. The first-order valence-electron chi connectivity index (χ1n) is 8.16. The maximum atomic E-state index is 6.06. The number of nitrogens with zero attached hydrogens (tertiary/aromatic N) is 4. The maximum absolute atomic E-state index is 6.06. The number of hydrogen-bond donors (Lipinski definition) is 2. The van der Waals surface area contributed by atoms with Gasteiger partial charge in [0.15, 0.2) is 11.3 Å². The van der Waals surface area contributed by atoms with Crippen molar-refractivity contribution in [2.45, 2.75) is 6.42 Å². The van der Waals surface area contributed by atoms with Crippen molar-refractivity contribution in [2.75, 3.05) is 17.6 Å². The third kappa shape index (κ3) is 3.28. The summed E-state index contributed by atoms with van der Waals surface area (Å²) in [4.78, 5) is 8.85. The molecule has 6 nitrogen and oxygen atoms in total. The smallest absolute Gasteiger partial charge is 0.225 e. The van der Waals surface area contributed by atoms with E-state index in [1.54, 1.807) is 4.68 Å². The standard InChI is InChI=1S/C19H18N6/c20-18-17-16(13-25(24-17)15-9-5-2-6-10-15)22-19(23-18)21-12-11-14-7-3-1-4-8-14/h1-10,13H,11-12H2,(H3,20,21,22,23). The van der Waals surface area contributed by atoms with E-state index in [2.05, 4.69) is 32.5 Å². The molecule has 0 fully saturated rings. The van der Waals surface area contributed by atoms with Crippen molar-refractivity contribution in [1.29, 1.82) is 0 Å². The molecule has 4 rings (SSSR count). The third-order valence-electron chi connectivity index (χ3n) is 3.95. The van der Waals surface area contributed by atoms with E-state index in [9.17, 15) is 0 Å². The number of aromatic nitrogens is 4. The Balaban J connectivity index is 1.55. The zero-order chi connectivity index (χ0) is 17.1. The first kappa shape index (κ1) is 15.1. The lowest BCUT2D eigenvalue weighted by Gasteiger charge is -2.05. The summed E-state index contributed by atoms with van der Waals surface area (Å²) in [5.41, 5.74) is 9.62. The molecule has 2 heterocycles. The molecule has 0 amide bonds. The van der Waals surface area contributed by atoms with Crippen LogP contribution in [0.25, 0.3) is 16.7 Å². The molecule has 0 spiro atoms. The van der Waals surface area contributed by atoms with Gasteiger partial charge in [-0.2, -0.15) is 10.1 Å². The Morgan fingerprint density at radius 1 is 0.920 bits per heavy atom. The zero-order valence-electron chi connectivity index (χ0n) is 13.6. The van der Waals surface area contributed by atoms with Gasteiger partial charge in [0.1, 0.15) is 5.52 Å². The minimum atomic E-state index is 0.377. The van der Waals surface area contributed by atoms with E-state index >= 15 is 0 Å². The number of para-hydroxylation sites is 1. The van der Waals surface area contributed by atoms with Crippen LogP contribution in [0.4, 0.5) is 11.8 Å². The highest BCUT2D eigenvalue weighted by Crippen LogP contribution is 2.20. The molecule has 124 valence electrons. The van der Waals surface area contributed by atoms with Gasteiger partial charge in [-0.05, 0) is 24.1 Å². The second-order valence-electron chi connectivity index (χ2n) is 5.74. The van der Waals surface area contributed by atoms with Crippen molar-refractivity contribution < 1.29 is 0 Å². The van der Waals surface area contributed by atoms with E-state index in [0.717, 1.165) is 24.2 Å². The molecule has 2 aromatic heterocycles. The van der Waals surface area contributed by atoms with Crippen LogP contribution < -0.4 is 11.1 Å². The average Bonchev–Trinajstić information content (AvgIpc) is 3.08. The summed E-state index contributed by atoms with van der Waals surface area (Å²) < 4.78 is 1.77. The van der Waals surface area contributed by atoms with Gasteiger partial charge in [0.05, 0.1) is 11.9 Å². The second-order valence-corrected chi connectivity index (χ2v) is 5.74. The summed E-state index contributed by atoms with van der Waals surface area (Å²) >= 11 is 0. The molecule has 25 heavy (non-hydrogen) atoms. The number of nitrogen functional groups attached to an aromatic ring is 1. The largest absolute Gasteiger partial charge is 0.382 e. The fourth-order valence-corrected chi connectivity index (χ4v) is 2.69. The Morgan fingerprint density at radius 3 is 2.40 bits per heavy atom. The van der Waals surface area contributed by atoms with Crippen molar-refractivity contribution >= 4 is 22.8 Å². The van der Waals surface area contributed by atoms with Gasteiger partial charge in [0.2, 0.25) is 5.95 Å². The topological polar surface area (TPSA) is 81.6 Å². The van der Waals surface area contributed by atoms with Gasteiger partial charge in [-0.1, -0.05) is 48.5 Å². The van der Waals surface area contributed by atoms with Gasteiger partial charge in [0.25, 0.3) is 0 Å². The quantitative estimate of drug-likeness (QED) is 0.588. The first-order chi connectivity index (χ1) is 12.3. The fraction of sp³-hybridized carbons (Fsp3) is 0.105. The molecule has 0 unspecified atom stereocenters. The zero-order valence-corrected chi connectivity index (χ0v) is 13.6. The van der Waals surface area contributed by atoms with Crippen LogP contribution in [0.5, 0.6) is 0 Å². The monoisotopic (exact) mass is 330 g/mol. The highest BCUT2D eigenvalue weighted by Gasteiger charge is 2.10. The third-order valence-corrected chi connectivity index (χ3v) is 3.95. The number of nitrogens with two attached hydrogens (primary N) is 1. The van der Waals surface area contributed by atoms with Crippen LogP contribution in [0.15, 0.2) is 66.9 Å². The molecule has 2 aromatic carbocycles. The van der Waals surface area contributed by atoms with Crippen LogP contribution >= 0.6 is 0 Å². The van der Waals surface area contributed by atoms with Crippen LogP contribution in [0.1, 0.15) is 5.56 Å². The van der Waals surface area contributed by atoms with E-state index in [0.29, 0.717) is 17.3 Å². The molecular weight excluding hydrogens is 312 g/mol. The van der Waals surface area contributed by atoms with Gasteiger partial charge in [-0.3, -0.25) is 0 Å². The summed E-state index contributed by atoms with van der Waals surface area (Å²) in [5.74, 6) is 0.899. The Bertz CT molecular complexity index is 979. The van der Waals surface area contributed by atoms with Gasteiger partial charge >= 0.3 is 0 Å². The van der Waals surface area contributed by atoms with Crippen LogP contribution in [-0.2, 0) is 6.42 Å². The molecule has 0 aliphatic rings. The molecule has 4 aromatic rings. The molecule has 0 aliphatic carbocycles. The van der Waals surface area contributed by atoms with E-state index in [1.807, 2.05) is 54.7 Å². The number of anilines is 2. The lowest BCUT2D eigenvalue weighted by Crippen LogP contribution is -2.09. The lowest BCUT2D eigenvalue weighted by atomic mass is 10.1. The van der Waals surface area contributed by atoms with Gasteiger partial charge < -0.3 is 11.1 Å². The average molecular weight is 330 g/mol. The minimum Gasteiger partial charge on any atom is -0.382 e. The molecular formula is C19H18N6. The van der Waals surface area contributed by atoms with Crippen molar-refractivity contribution in [3.63, 3.8) is 0 Å². The Morgan fingerprint density at radius 2 is 1.64 bits per heavy atom. The Kier molecular flexibility index (Phi) is 4.00. The normalized spacial score (nSPS) is 10.9. The summed E-state index contributed by atoms with van der Waals surface area (Å²) in [6.45, 7) is 0.738. The van der Waals surface area contributed by atoms with Crippen LogP contribution in [-0.4, -0.2) is 26.3 Å². The Hall–Kier alpha value is -3.41. The summed E-state index contributed by atoms with van der Waals surface area (Å²) in [6, 6.07) is 20.1. The summed E-state index contributed by atoms with van der Waals surface area (Å²) in [6.07, 6.45) is 2.76. The predicted octanol–water partition coefficient (Wildman–Crippen LogP) is 3.05. The molecule has 0 saturated heterocycles. The number of fused-ring (bicyclic) bond motifs is 1. The lowest BCUT2D eigenvalue weighted by molar-refractivity contribution is 0.896. The summed E-state index contributed by atoms with van der Waals surface area (Å²) in [7, 11) is 0. The van der Waals surface area contributed by atoms with Crippen molar-refractivity contribution in [3.8, 4) is 5.69 Å². The molecule has 0 saturated carbocycles. The van der Waals surface area contributed by atoms with E-state index in [4.69, 9.17) is 5.73 Å². The highest BCUT2D eigenvalue weighted by molar-refractivity contribution is 5.85. The minimum absolute atomic E-state index is 0.377. The van der Waals surface area contributed by atoms with Crippen molar-refractivity contribution in [2.24, 2.45) is 0 Å². The van der Waals surface area contributed by atoms with E-state index in [-0.39, 0.29) is 0 Å². The molecule has 3 N–H and O–H groups in total. The Labute approximate surface area is 145 Å². The number of nitrogens with one attached hydrogen (secondary N) is 1. The van der Waals surface area contributed by atoms with E-state index in [1.165, 1.54) is 5.56 Å². The maximum Gasteiger partial charge on any atom is 0.225 e. The molecule has 0 aliphatic heterocycles. The van der Waals surface area contributed by atoms with Crippen molar-refractivity contribution in [3.05, 3.63) is 72.4 Å². The van der Waals surface area contributed by atoms with Crippen molar-refractivity contribution in [1.82, 2.24) is 19.7 Å². The van der Waals surface area contributed by atoms with Crippen LogP contribution in [0.3, 0.4) is 0 Å². The van der Waals surface area contributed by atoms with E-state index < -0.39 is 0 Å². The highest BCUT2D eigenvalue weighted by atomic mass is 15.3. The molecule has 6 heteroatoms. The number of hydrogen-bond acceptors (Lipinski definition) is 5. The number of rotatable bonds is 5. The predicted molar refractivity (Wildman–Crippen MR) is 99.7 cm³/mol. The van der Waals surface area contributed by atoms with Gasteiger partial charge in [-0.25, -0.2) is 9.67 Å².